The summed E-state index contributed by atoms with van der Waals surface area (Å²) in [7, 11) is 0. The summed E-state index contributed by atoms with van der Waals surface area (Å²) in [6, 6.07) is 9.60. The van der Waals surface area contributed by atoms with Crippen LogP contribution >= 0.6 is 12.6 Å². The van der Waals surface area contributed by atoms with E-state index in [1.54, 1.807) is 4.68 Å². The highest BCUT2D eigenvalue weighted by Gasteiger charge is 2.01. The predicted molar refractivity (Wildman–Crippen MR) is 79.7 cm³/mol. The van der Waals surface area contributed by atoms with E-state index >= 15 is 0 Å². The van der Waals surface area contributed by atoms with Gasteiger partial charge in [0.05, 0.1) is 5.69 Å². The molecule has 2 aromatic rings. The van der Waals surface area contributed by atoms with Gasteiger partial charge in [-0.15, -0.1) is 17.7 Å². The molecule has 2 rings (SSSR count). The molecule has 0 unspecified atom stereocenters. The van der Waals surface area contributed by atoms with Crippen LogP contribution in [0.15, 0.2) is 35.5 Å². The van der Waals surface area contributed by atoms with Crippen LogP contribution in [-0.2, 0) is 4.79 Å². The number of carbonyl (C=O) groups excluding carboxylic acids is 1. The van der Waals surface area contributed by atoms with Crippen molar-refractivity contribution in [1.82, 2.24) is 20.2 Å². The number of benzene rings is 1. The van der Waals surface area contributed by atoms with Crippen LogP contribution in [-0.4, -0.2) is 26.1 Å². The van der Waals surface area contributed by atoms with Gasteiger partial charge in [0.2, 0.25) is 11.1 Å². The smallest absolute Gasteiger partial charge is 0.217 e. The van der Waals surface area contributed by atoms with E-state index < -0.39 is 0 Å². The highest BCUT2D eigenvalue weighted by Crippen LogP contribution is 2.08. The summed E-state index contributed by atoms with van der Waals surface area (Å²) in [4.78, 5) is 10.1. The molecule has 20 heavy (non-hydrogen) atoms. The minimum atomic E-state index is -0.182. The Balaban J connectivity index is 0.000000221. The molecule has 0 fully saturated rings. The fourth-order valence-corrected chi connectivity index (χ4v) is 1.66. The van der Waals surface area contributed by atoms with Gasteiger partial charge in [0.25, 0.3) is 0 Å². The van der Waals surface area contributed by atoms with Crippen LogP contribution in [0.1, 0.15) is 32.6 Å². The summed E-state index contributed by atoms with van der Waals surface area (Å²) in [6.45, 7) is 2.10. The summed E-state index contributed by atoms with van der Waals surface area (Å²) in [5, 5.41) is 11.4. The van der Waals surface area contributed by atoms with E-state index in [9.17, 15) is 4.79 Å². The molecule has 0 saturated heterocycles. The van der Waals surface area contributed by atoms with Crippen molar-refractivity contribution >= 4 is 18.5 Å². The molecule has 0 aliphatic heterocycles. The first-order chi connectivity index (χ1) is 9.65. The SMILES string of the molecule is CCCCCC(N)=O.Sc1nnnn1-c1ccccc1. The average Bonchev–Trinajstić information content (AvgIpc) is 2.87. The first-order valence-electron chi connectivity index (χ1n) is 6.46. The Labute approximate surface area is 123 Å². The quantitative estimate of drug-likeness (QED) is 0.652. The molecule has 0 saturated carbocycles. The molecule has 0 atom stereocenters. The van der Waals surface area contributed by atoms with Gasteiger partial charge >= 0.3 is 0 Å². The van der Waals surface area contributed by atoms with E-state index in [2.05, 4.69) is 35.1 Å². The van der Waals surface area contributed by atoms with Gasteiger partial charge < -0.3 is 5.73 Å². The lowest BCUT2D eigenvalue weighted by Gasteiger charge is -1.98. The Morgan fingerprint density at radius 3 is 2.50 bits per heavy atom. The molecular formula is C13H19N5OS. The van der Waals surface area contributed by atoms with E-state index in [0.717, 1.165) is 24.9 Å². The van der Waals surface area contributed by atoms with Crippen molar-refractivity contribution in [2.24, 2.45) is 5.73 Å². The van der Waals surface area contributed by atoms with Crippen LogP contribution in [0, 0.1) is 0 Å². The maximum absolute atomic E-state index is 10.1. The van der Waals surface area contributed by atoms with Crippen LogP contribution < -0.4 is 5.73 Å². The number of para-hydroxylation sites is 1. The Bertz CT molecular complexity index is 514. The molecule has 6 nitrogen and oxygen atoms in total. The van der Waals surface area contributed by atoms with Crippen molar-refractivity contribution in [3.05, 3.63) is 30.3 Å². The first kappa shape index (κ1) is 16.2. The van der Waals surface area contributed by atoms with Crippen LogP contribution in [0.3, 0.4) is 0 Å². The Kier molecular flexibility index (Phi) is 7.34. The summed E-state index contributed by atoms with van der Waals surface area (Å²) in [5.74, 6) is -0.182. The van der Waals surface area contributed by atoms with Gasteiger partial charge in [0.15, 0.2) is 0 Å². The number of hydrogen-bond acceptors (Lipinski definition) is 5. The molecule has 108 valence electrons. The Morgan fingerprint density at radius 2 is 2.00 bits per heavy atom. The number of tetrazole rings is 1. The third-order valence-electron chi connectivity index (χ3n) is 2.48. The molecule has 1 aromatic heterocycles. The lowest BCUT2D eigenvalue weighted by molar-refractivity contribution is -0.118. The number of thiol groups is 1. The van der Waals surface area contributed by atoms with E-state index in [1.165, 1.54) is 0 Å². The topological polar surface area (TPSA) is 86.7 Å². The number of carbonyl (C=O) groups is 1. The van der Waals surface area contributed by atoms with Gasteiger partial charge in [-0.3, -0.25) is 4.79 Å². The van der Waals surface area contributed by atoms with Crippen molar-refractivity contribution in [1.29, 1.82) is 0 Å². The van der Waals surface area contributed by atoms with Gasteiger partial charge in [0, 0.05) is 6.42 Å². The molecular weight excluding hydrogens is 274 g/mol. The zero-order valence-electron chi connectivity index (χ0n) is 11.4. The van der Waals surface area contributed by atoms with Gasteiger partial charge in [0.1, 0.15) is 0 Å². The van der Waals surface area contributed by atoms with Crippen LogP contribution in [0.25, 0.3) is 5.69 Å². The largest absolute Gasteiger partial charge is 0.370 e. The molecule has 2 N–H and O–H groups in total. The number of amides is 1. The second-order valence-corrected chi connectivity index (χ2v) is 4.55. The average molecular weight is 293 g/mol. The number of rotatable bonds is 5. The number of aromatic nitrogens is 4. The molecule has 0 spiro atoms. The van der Waals surface area contributed by atoms with E-state index in [-0.39, 0.29) is 5.91 Å². The molecule has 1 amide bonds. The number of nitrogens with two attached hydrogens (primary N) is 1. The summed E-state index contributed by atoms with van der Waals surface area (Å²) in [6.07, 6.45) is 3.76. The molecule has 7 heteroatoms. The predicted octanol–water partition coefficient (Wildman–Crippen LogP) is 2.00. The molecule has 0 radical (unpaired) electrons. The van der Waals surface area contributed by atoms with Gasteiger partial charge in [-0.2, -0.15) is 4.68 Å². The highest BCUT2D eigenvalue weighted by atomic mass is 32.1. The number of nitrogens with zero attached hydrogens (tertiary/aromatic N) is 4. The number of hydrogen-bond donors (Lipinski definition) is 2. The van der Waals surface area contributed by atoms with Crippen molar-refractivity contribution in [3.63, 3.8) is 0 Å². The molecule has 0 aliphatic carbocycles. The van der Waals surface area contributed by atoms with Crippen molar-refractivity contribution in [3.8, 4) is 5.69 Å². The third kappa shape index (κ3) is 5.83. The Hall–Kier alpha value is -1.89. The molecule has 1 aromatic carbocycles. The first-order valence-corrected chi connectivity index (χ1v) is 6.91. The maximum atomic E-state index is 10.1. The van der Waals surface area contributed by atoms with Crippen molar-refractivity contribution in [2.45, 2.75) is 37.8 Å². The third-order valence-corrected chi connectivity index (χ3v) is 2.76. The molecule has 0 aliphatic rings. The lowest BCUT2D eigenvalue weighted by atomic mass is 10.2. The minimum absolute atomic E-state index is 0.182. The summed E-state index contributed by atoms with van der Waals surface area (Å²) in [5.41, 5.74) is 5.80. The standard InChI is InChI=1S/C7H6N4S.C6H13NO/c12-7-8-9-10-11(7)6-4-2-1-3-5-6;1-2-3-4-5-6(7)8/h1-5H,(H,8,10,12);2-5H2,1H3,(H2,7,8). The van der Waals surface area contributed by atoms with E-state index in [1.807, 2.05) is 30.3 Å². The zero-order chi connectivity index (χ0) is 14.8. The fourth-order valence-electron chi connectivity index (χ4n) is 1.47. The maximum Gasteiger partial charge on any atom is 0.217 e. The second-order valence-electron chi connectivity index (χ2n) is 4.15. The van der Waals surface area contributed by atoms with Crippen molar-refractivity contribution in [2.75, 3.05) is 0 Å². The number of unbranched alkanes of at least 4 members (excludes halogenated alkanes) is 2. The normalized spacial score (nSPS) is 9.70. The number of primary amides is 1. The minimum Gasteiger partial charge on any atom is -0.370 e. The van der Waals surface area contributed by atoms with Crippen LogP contribution in [0.4, 0.5) is 0 Å². The van der Waals surface area contributed by atoms with Gasteiger partial charge in [-0.05, 0) is 29.0 Å². The lowest BCUT2D eigenvalue weighted by Crippen LogP contribution is -2.09. The van der Waals surface area contributed by atoms with Crippen LogP contribution in [0.5, 0.6) is 0 Å². The van der Waals surface area contributed by atoms with Crippen LogP contribution in [0.2, 0.25) is 0 Å². The molecule has 0 bridgehead atoms. The van der Waals surface area contributed by atoms with Gasteiger partial charge in [-0.25, -0.2) is 0 Å². The van der Waals surface area contributed by atoms with E-state index in [4.69, 9.17) is 5.73 Å². The van der Waals surface area contributed by atoms with E-state index in [0.29, 0.717) is 11.6 Å². The molecule has 1 heterocycles. The summed E-state index contributed by atoms with van der Waals surface area (Å²) >= 11 is 4.09. The summed E-state index contributed by atoms with van der Waals surface area (Å²) < 4.78 is 1.56. The Morgan fingerprint density at radius 1 is 1.30 bits per heavy atom. The highest BCUT2D eigenvalue weighted by molar-refractivity contribution is 7.80. The zero-order valence-corrected chi connectivity index (χ0v) is 12.3. The van der Waals surface area contributed by atoms with Crippen molar-refractivity contribution < 1.29 is 4.79 Å². The fraction of sp³-hybridized carbons (Fsp3) is 0.385. The monoisotopic (exact) mass is 293 g/mol. The van der Waals surface area contributed by atoms with Gasteiger partial charge in [-0.1, -0.05) is 38.0 Å². The second kappa shape index (κ2) is 9.08.